The molecule has 0 spiro atoms. The van der Waals surface area contributed by atoms with Crippen LogP contribution in [-0.4, -0.2) is 25.9 Å². The van der Waals surface area contributed by atoms with Crippen molar-refractivity contribution in [2.75, 3.05) is 0 Å². The zero-order chi connectivity index (χ0) is 15.1. The van der Waals surface area contributed by atoms with Crippen LogP contribution >= 0.6 is 0 Å². The van der Waals surface area contributed by atoms with Gasteiger partial charge in [-0.05, 0) is 39.0 Å². The van der Waals surface area contributed by atoms with Gasteiger partial charge in [0.1, 0.15) is 0 Å². The molecule has 2 rings (SSSR count). The molecule has 4 nitrogen and oxygen atoms in total. The van der Waals surface area contributed by atoms with Gasteiger partial charge in [0, 0.05) is 29.3 Å². The van der Waals surface area contributed by atoms with E-state index in [4.69, 9.17) is 0 Å². The number of piperidine rings is 1. The minimum atomic E-state index is -0.00315. The number of hydrogen-bond acceptors (Lipinski definition) is 3. The molecular formula is C16H28N2O2. The highest BCUT2D eigenvalue weighted by Gasteiger charge is 2.47. The maximum atomic E-state index is 10.1. The first-order chi connectivity index (χ1) is 9.26. The van der Waals surface area contributed by atoms with Gasteiger partial charge in [-0.2, -0.15) is 0 Å². The summed E-state index contributed by atoms with van der Waals surface area (Å²) in [5.74, 6) is 0.618. The maximum Gasteiger partial charge on any atom is 0.194 e. The molecule has 1 saturated heterocycles. The summed E-state index contributed by atoms with van der Waals surface area (Å²) in [5, 5.41) is 23.9. The molecule has 0 aliphatic carbocycles. The molecule has 4 atom stereocenters. The van der Waals surface area contributed by atoms with Gasteiger partial charge < -0.3 is 15.5 Å². The molecule has 1 aliphatic heterocycles. The van der Waals surface area contributed by atoms with E-state index < -0.39 is 0 Å². The third-order valence-electron chi connectivity index (χ3n) is 5.55. The predicted octanol–water partition coefficient (Wildman–Crippen LogP) is 3.41. The van der Waals surface area contributed by atoms with Crippen LogP contribution in [0.15, 0.2) is 12.1 Å². The molecule has 0 radical (unpaired) electrons. The van der Waals surface area contributed by atoms with E-state index in [1.165, 1.54) is 0 Å². The van der Waals surface area contributed by atoms with E-state index in [2.05, 4.69) is 39.9 Å². The van der Waals surface area contributed by atoms with Crippen molar-refractivity contribution in [2.45, 2.75) is 71.0 Å². The van der Waals surface area contributed by atoms with Crippen LogP contribution in [0.25, 0.3) is 0 Å². The molecule has 0 amide bonds. The fraction of sp³-hybridized carbons (Fsp3) is 0.750. The van der Waals surface area contributed by atoms with Crippen molar-refractivity contribution in [3.8, 4) is 11.8 Å². The molecule has 0 saturated carbocycles. The van der Waals surface area contributed by atoms with Crippen molar-refractivity contribution < 1.29 is 10.2 Å². The summed E-state index contributed by atoms with van der Waals surface area (Å²) in [7, 11) is 0. The first-order valence-corrected chi connectivity index (χ1v) is 7.65. The summed E-state index contributed by atoms with van der Waals surface area (Å²) in [6.45, 7) is 11.1. The number of hydrogen-bond donors (Lipinski definition) is 3. The van der Waals surface area contributed by atoms with E-state index in [0.29, 0.717) is 5.92 Å². The lowest BCUT2D eigenvalue weighted by atomic mass is 9.69. The van der Waals surface area contributed by atoms with Gasteiger partial charge in [0.2, 0.25) is 0 Å². The van der Waals surface area contributed by atoms with Gasteiger partial charge in [0.05, 0.1) is 0 Å². The Bertz CT molecular complexity index is 465. The normalized spacial score (nSPS) is 38.0. The second-order valence-corrected chi connectivity index (χ2v) is 6.79. The molecule has 1 aromatic rings. The van der Waals surface area contributed by atoms with Crippen LogP contribution in [0.3, 0.4) is 0 Å². The first-order valence-electron chi connectivity index (χ1n) is 7.65. The third-order valence-corrected chi connectivity index (χ3v) is 5.55. The Morgan fingerprint density at radius 3 is 2.20 bits per heavy atom. The number of aromatic nitrogens is 1. The van der Waals surface area contributed by atoms with Crippen molar-refractivity contribution in [3.05, 3.63) is 12.1 Å². The molecule has 0 aromatic carbocycles. The van der Waals surface area contributed by atoms with Gasteiger partial charge in [-0.3, -0.25) is 4.57 Å². The zero-order valence-corrected chi connectivity index (χ0v) is 13.3. The average Bonchev–Trinajstić information content (AvgIpc) is 2.74. The summed E-state index contributed by atoms with van der Waals surface area (Å²) >= 11 is 0. The average molecular weight is 280 g/mol. The van der Waals surface area contributed by atoms with Crippen molar-refractivity contribution in [1.82, 2.24) is 9.88 Å². The zero-order valence-electron chi connectivity index (χ0n) is 13.3. The van der Waals surface area contributed by atoms with Crippen LogP contribution in [0.2, 0.25) is 0 Å². The molecule has 4 unspecified atom stereocenters. The van der Waals surface area contributed by atoms with Crippen molar-refractivity contribution in [2.24, 2.45) is 5.92 Å². The van der Waals surface area contributed by atoms with Crippen molar-refractivity contribution in [1.29, 1.82) is 0 Å². The highest BCUT2D eigenvalue weighted by molar-refractivity contribution is 5.26. The maximum absolute atomic E-state index is 10.1. The van der Waals surface area contributed by atoms with Crippen LogP contribution in [0.5, 0.6) is 11.8 Å². The van der Waals surface area contributed by atoms with Crippen LogP contribution < -0.4 is 5.32 Å². The fourth-order valence-corrected chi connectivity index (χ4v) is 3.64. The summed E-state index contributed by atoms with van der Waals surface area (Å²) in [4.78, 5) is 0. The topological polar surface area (TPSA) is 57.4 Å². The molecule has 20 heavy (non-hydrogen) atoms. The Kier molecular flexibility index (Phi) is 3.80. The SMILES string of the molecule is CCC1(C)CC(n2c(O)ccc2O)C(C)C(C)(CC)N1. The van der Waals surface area contributed by atoms with E-state index in [0.717, 1.165) is 19.3 Å². The molecule has 1 aliphatic rings. The number of aromatic hydroxyl groups is 2. The van der Waals surface area contributed by atoms with Gasteiger partial charge >= 0.3 is 0 Å². The summed E-state index contributed by atoms with van der Waals surface area (Å²) in [5.41, 5.74) is 0.0158. The van der Waals surface area contributed by atoms with E-state index in [1.54, 1.807) is 16.7 Å². The Hall–Kier alpha value is -1.16. The second-order valence-electron chi connectivity index (χ2n) is 6.79. The van der Waals surface area contributed by atoms with Crippen molar-refractivity contribution in [3.63, 3.8) is 0 Å². The molecule has 0 bridgehead atoms. The fourth-order valence-electron chi connectivity index (χ4n) is 3.64. The summed E-state index contributed by atoms with van der Waals surface area (Å²) in [6, 6.07) is 3.23. The lowest BCUT2D eigenvalue weighted by Crippen LogP contribution is -2.64. The van der Waals surface area contributed by atoms with Gasteiger partial charge in [-0.1, -0.05) is 20.8 Å². The Morgan fingerprint density at radius 2 is 1.75 bits per heavy atom. The van der Waals surface area contributed by atoms with Crippen LogP contribution in [0.1, 0.15) is 59.9 Å². The number of rotatable bonds is 3. The largest absolute Gasteiger partial charge is 0.494 e. The smallest absolute Gasteiger partial charge is 0.194 e. The lowest BCUT2D eigenvalue weighted by Gasteiger charge is -2.53. The second kappa shape index (κ2) is 4.99. The Morgan fingerprint density at radius 1 is 1.20 bits per heavy atom. The van der Waals surface area contributed by atoms with Gasteiger partial charge in [0.25, 0.3) is 0 Å². The van der Waals surface area contributed by atoms with Crippen molar-refractivity contribution >= 4 is 0 Å². The first kappa shape index (κ1) is 15.2. The van der Waals surface area contributed by atoms with Gasteiger partial charge in [-0.15, -0.1) is 0 Å². The van der Waals surface area contributed by atoms with Crippen LogP contribution in [0.4, 0.5) is 0 Å². The van der Waals surface area contributed by atoms with Gasteiger partial charge in [0.15, 0.2) is 11.8 Å². The monoisotopic (exact) mass is 280 g/mol. The Labute approximate surface area is 121 Å². The highest BCUT2D eigenvalue weighted by atomic mass is 16.3. The van der Waals surface area contributed by atoms with E-state index in [9.17, 15) is 10.2 Å². The minimum Gasteiger partial charge on any atom is -0.494 e. The van der Waals surface area contributed by atoms with Crippen LogP contribution in [-0.2, 0) is 0 Å². The molecule has 1 aromatic heterocycles. The van der Waals surface area contributed by atoms with E-state index in [1.807, 2.05) is 0 Å². The molecule has 1 fully saturated rings. The molecule has 2 heterocycles. The number of nitrogens with zero attached hydrogens (tertiary/aromatic N) is 1. The minimum absolute atomic E-state index is 0.00315. The molecule has 114 valence electrons. The third kappa shape index (κ3) is 2.30. The van der Waals surface area contributed by atoms with E-state index >= 15 is 0 Å². The molecule has 3 N–H and O–H groups in total. The highest BCUT2D eigenvalue weighted by Crippen LogP contribution is 2.46. The van der Waals surface area contributed by atoms with Gasteiger partial charge in [-0.25, -0.2) is 0 Å². The summed E-state index contributed by atoms with van der Waals surface area (Å²) in [6.07, 6.45) is 2.94. The predicted molar refractivity (Wildman–Crippen MR) is 81.1 cm³/mol. The lowest BCUT2D eigenvalue weighted by molar-refractivity contribution is 0.0389. The summed E-state index contributed by atoms with van der Waals surface area (Å²) < 4.78 is 1.69. The van der Waals surface area contributed by atoms with E-state index in [-0.39, 0.29) is 28.9 Å². The quantitative estimate of drug-likeness (QED) is 0.795. The number of nitrogens with one attached hydrogen (secondary N) is 1. The molecule has 4 heteroatoms. The molecular weight excluding hydrogens is 252 g/mol. The van der Waals surface area contributed by atoms with Crippen LogP contribution in [0, 0.1) is 5.92 Å². The Balaban J connectivity index is 2.46. The standard InChI is InChI=1S/C16H28N2O2/c1-6-15(4)10-12(11(3)16(5,7-2)17-15)18-13(19)8-9-14(18)20/h8-9,11-12,17,19-20H,6-7,10H2,1-5H3.